The van der Waals surface area contributed by atoms with Crippen molar-refractivity contribution < 1.29 is 0 Å². The maximum Gasteiger partial charge on any atom is 0.0429 e. The summed E-state index contributed by atoms with van der Waals surface area (Å²) >= 11 is 0. The van der Waals surface area contributed by atoms with Crippen molar-refractivity contribution in [3.8, 4) is 0 Å². The monoisotopic (exact) mass is 291 g/mol. The van der Waals surface area contributed by atoms with Crippen LogP contribution in [0.5, 0.6) is 0 Å². The summed E-state index contributed by atoms with van der Waals surface area (Å²) in [5.41, 5.74) is 6.70. The standard InChI is InChI=1S/C21H25N/c1-20(2,3)15-10-12-16(13-11-15)22-19-14-21(4,5)18-9-7-6-8-17(18)19/h6-14,22H,1-5H3. The van der Waals surface area contributed by atoms with E-state index >= 15 is 0 Å². The van der Waals surface area contributed by atoms with Gasteiger partial charge in [0.25, 0.3) is 0 Å². The summed E-state index contributed by atoms with van der Waals surface area (Å²) in [5, 5.41) is 3.59. The lowest BCUT2D eigenvalue weighted by atomic mass is 9.87. The Morgan fingerprint density at radius 3 is 2.14 bits per heavy atom. The fraction of sp³-hybridized carbons (Fsp3) is 0.333. The summed E-state index contributed by atoms with van der Waals surface area (Å²) in [6, 6.07) is 17.4. The number of allylic oxidation sites excluding steroid dienone is 1. The minimum Gasteiger partial charge on any atom is -0.355 e. The van der Waals surface area contributed by atoms with Gasteiger partial charge in [-0.15, -0.1) is 0 Å². The highest BCUT2D eigenvalue weighted by Crippen LogP contribution is 2.40. The first-order valence-corrected chi connectivity index (χ1v) is 7.98. The number of nitrogens with one attached hydrogen (secondary N) is 1. The van der Waals surface area contributed by atoms with Gasteiger partial charge in [0.05, 0.1) is 0 Å². The predicted octanol–water partition coefficient (Wildman–Crippen LogP) is 5.73. The largest absolute Gasteiger partial charge is 0.355 e. The molecule has 0 unspecified atom stereocenters. The second-order valence-corrected chi connectivity index (χ2v) is 7.78. The molecule has 22 heavy (non-hydrogen) atoms. The Labute approximate surface area is 134 Å². The van der Waals surface area contributed by atoms with Crippen molar-refractivity contribution in [2.75, 3.05) is 5.32 Å². The van der Waals surface area contributed by atoms with E-state index in [1.54, 1.807) is 0 Å². The van der Waals surface area contributed by atoms with Crippen LogP contribution in [0.15, 0.2) is 54.6 Å². The fourth-order valence-corrected chi connectivity index (χ4v) is 3.11. The second-order valence-electron chi connectivity index (χ2n) is 7.78. The minimum absolute atomic E-state index is 0.0876. The van der Waals surface area contributed by atoms with Gasteiger partial charge in [0.1, 0.15) is 0 Å². The average Bonchev–Trinajstić information content (AvgIpc) is 2.70. The second kappa shape index (κ2) is 5.01. The lowest BCUT2D eigenvalue weighted by molar-refractivity contribution is 0.590. The maximum atomic E-state index is 3.59. The summed E-state index contributed by atoms with van der Waals surface area (Å²) in [5.74, 6) is 0. The van der Waals surface area contributed by atoms with E-state index in [1.165, 1.54) is 22.4 Å². The first kappa shape index (κ1) is 14.9. The molecule has 114 valence electrons. The molecule has 0 heterocycles. The van der Waals surface area contributed by atoms with E-state index in [0.717, 1.165) is 5.69 Å². The van der Waals surface area contributed by atoms with Crippen molar-refractivity contribution >= 4 is 11.4 Å². The first-order chi connectivity index (χ1) is 10.3. The average molecular weight is 291 g/mol. The third-order valence-electron chi connectivity index (χ3n) is 4.45. The van der Waals surface area contributed by atoms with Crippen LogP contribution in [0.1, 0.15) is 51.3 Å². The molecule has 1 N–H and O–H groups in total. The van der Waals surface area contributed by atoms with E-state index < -0.39 is 0 Å². The summed E-state index contributed by atoms with van der Waals surface area (Å²) in [7, 11) is 0. The van der Waals surface area contributed by atoms with Gasteiger partial charge in [0, 0.05) is 22.4 Å². The smallest absolute Gasteiger partial charge is 0.0429 e. The predicted molar refractivity (Wildman–Crippen MR) is 96.2 cm³/mol. The van der Waals surface area contributed by atoms with E-state index in [2.05, 4.69) is 94.5 Å². The number of fused-ring (bicyclic) bond motifs is 1. The molecule has 3 rings (SSSR count). The molecular formula is C21H25N. The first-order valence-electron chi connectivity index (χ1n) is 7.98. The van der Waals surface area contributed by atoms with Crippen molar-refractivity contribution in [1.29, 1.82) is 0 Å². The van der Waals surface area contributed by atoms with E-state index in [9.17, 15) is 0 Å². The van der Waals surface area contributed by atoms with Gasteiger partial charge in [0.2, 0.25) is 0 Å². The molecule has 0 saturated heterocycles. The van der Waals surface area contributed by atoms with Crippen LogP contribution >= 0.6 is 0 Å². The normalized spacial score (nSPS) is 16.1. The zero-order valence-corrected chi connectivity index (χ0v) is 14.2. The number of benzene rings is 2. The molecule has 0 atom stereocenters. The van der Waals surface area contributed by atoms with Gasteiger partial charge >= 0.3 is 0 Å². The molecule has 0 spiro atoms. The Bertz CT molecular complexity index is 712. The topological polar surface area (TPSA) is 12.0 Å². The van der Waals surface area contributed by atoms with E-state index in [4.69, 9.17) is 0 Å². The Hall–Kier alpha value is -2.02. The van der Waals surface area contributed by atoms with Crippen LogP contribution in [-0.2, 0) is 10.8 Å². The molecule has 0 aliphatic heterocycles. The Balaban J connectivity index is 1.88. The van der Waals surface area contributed by atoms with Crippen LogP contribution in [0.3, 0.4) is 0 Å². The van der Waals surface area contributed by atoms with Crippen molar-refractivity contribution in [1.82, 2.24) is 0 Å². The number of hydrogen-bond donors (Lipinski definition) is 1. The van der Waals surface area contributed by atoms with E-state index in [-0.39, 0.29) is 10.8 Å². The highest BCUT2D eigenvalue weighted by molar-refractivity contribution is 5.83. The SMILES string of the molecule is CC(C)(C)c1ccc(NC2=CC(C)(C)c3ccccc32)cc1. The zero-order chi connectivity index (χ0) is 16.0. The quantitative estimate of drug-likeness (QED) is 0.745. The molecule has 1 heteroatoms. The van der Waals surface area contributed by atoms with Gasteiger partial charge in [-0.05, 0) is 28.7 Å². The Morgan fingerprint density at radius 1 is 0.864 bits per heavy atom. The summed E-state index contributed by atoms with van der Waals surface area (Å²) in [6.45, 7) is 11.3. The Morgan fingerprint density at radius 2 is 1.50 bits per heavy atom. The number of hydrogen-bond acceptors (Lipinski definition) is 1. The minimum atomic E-state index is 0.0876. The van der Waals surface area contributed by atoms with Crippen molar-refractivity contribution in [3.63, 3.8) is 0 Å². The molecule has 0 fully saturated rings. The van der Waals surface area contributed by atoms with Crippen molar-refractivity contribution in [2.45, 2.75) is 45.4 Å². The molecule has 1 aliphatic carbocycles. The lowest BCUT2D eigenvalue weighted by Gasteiger charge is -2.19. The van der Waals surface area contributed by atoms with E-state index in [0.29, 0.717) is 0 Å². The summed E-state index contributed by atoms with van der Waals surface area (Å²) < 4.78 is 0. The van der Waals surface area contributed by atoms with Crippen LogP contribution in [0, 0.1) is 0 Å². The molecule has 0 aromatic heterocycles. The zero-order valence-electron chi connectivity index (χ0n) is 14.2. The molecule has 2 aromatic rings. The summed E-state index contributed by atoms with van der Waals surface area (Å²) in [4.78, 5) is 0. The molecule has 0 radical (unpaired) electrons. The van der Waals surface area contributed by atoms with Gasteiger partial charge in [0.15, 0.2) is 0 Å². The van der Waals surface area contributed by atoms with Gasteiger partial charge in [-0.3, -0.25) is 0 Å². The maximum absolute atomic E-state index is 3.59. The van der Waals surface area contributed by atoms with Crippen LogP contribution in [0.25, 0.3) is 5.70 Å². The fourth-order valence-electron chi connectivity index (χ4n) is 3.11. The number of rotatable bonds is 2. The molecule has 1 aliphatic rings. The van der Waals surface area contributed by atoms with Gasteiger partial charge < -0.3 is 5.32 Å². The van der Waals surface area contributed by atoms with Gasteiger partial charge in [-0.1, -0.05) is 77.1 Å². The van der Waals surface area contributed by atoms with E-state index in [1.807, 2.05) is 0 Å². The third-order valence-corrected chi connectivity index (χ3v) is 4.45. The Kier molecular flexibility index (Phi) is 3.40. The molecule has 2 aromatic carbocycles. The van der Waals surface area contributed by atoms with Crippen LogP contribution in [0.2, 0.25) is 0 Å². The number of anilines is 1. The molecule has 0 saturated carbocycles. The molecule has 0 bridgehead atoms. The van der Waals surface area contributed by atoms with Gasteiger partial charge in [-0.2, -0.15) is 0 Å². The lowest BCUT2D eigenvalue weighted by Crippen LogP contribution is -2.10. The van der Waals surface area contributed by atoms with Crippen molar-refractivity contribution in [2.24, 2.45) is 0 Å². The molecule has 1 nitrogen and oxygen atoms in total. The van der Waals surface area contributed by atoms with Crippen LogP contribution in [-0.4, -0.2) is 0 Å². The van der Waals surface area contributed by atoms with Crippen LogP contribution < -0.4 is 5.32 Å². The highest BCUT2D eigenvalue weighted by atomic mass is 14.9. The molecule has 0 amide bonds. The van der Waals surface area contributed by atoms with Crippen molar-refractivity contribution in [3.05, 3.63) is 71.3 Å². The third kappa shape index (κ3) is 2.68. The van der Waals surface area contributed by atoms with Crippen LogP contribution in [0.4, 0.5) is 5.69 Å². The highest BCUT2D eigenvalue weighted by Gasteiger charge is 2.29. The molecular weight excluding hydrogens is 266 g/mol. The summed E-state index contributed by atoms with van der Waals surface area (Å²) in [6.07, 6.45) is 2.33. The van der Waals surface area contributed by atoms with Gasteiger partial charge in [-0.25, -0.2) is 0 Å².